The lowest BCUT2D eigenvalue weighted by Gasteiger charge is -2.62. The number of carbonyl (C=O) groups is 1. The van der Waals surface area contributed by atoms with E-state index in [1.54, 1.807) is 0 Å². The third-order valence-corrected chi connectivity index (χ3v) is 11.3. The standard InChI is InChI=1S/C25H44N2O5S/c1-16(4-7-22(29)27-12-13-33(30,31)32)18-5-6-19-23-20(8-9-25(18,19)3)24(2)10-11-26-15-17(24)14-21(23)28/h16-21,23,26,28H,4-15H2,1-3H3,(H,27,29)(H,30,31,32)/t16-,17-,18-,19+,20+,21+,23+,24+,25-/m1/s1. The number of aliphatic hydroxyl groups excluding tert-OH is 1. The predicted molar refractivity (Wildman–Crippen MR) is 128 cm³/mol. The Hall–Kier alpha value is -0.700. The van der Waals surface area contributed by atoms with Crippen molar-refractivity contribution < 1.29 is 22.9 Å². The molecular formula is C25H44N2O5S. The Labute approximate surface area is 199 Å². The maximum absolute atomic E-state index is 12.2. The summed E-state index contributed by atoms with van der Waals surface area (Å²) in [4.78, 5) is 12.2. The number of hydrogen-bond acceptors (Lipinski definition) is 5. The fraction of sp³-hybridized carbons (Fsp3) is 0.960. The van der Waals surface area contributed by atoms with E-state index in [2.05, 4.69) is 31.4 Å². The molecule has 4 N–H and O–H groups in total. The molecule has 4 fully saturated rings. The van der Waals surface area contributed by atoms with Gasteiger partial charge in [0.05, 0.1) is 11.9 Å². The monoisotopic (exact) mass is 484 g/mol. The molecular weight excluding hydrogens is 440 g/mol. The summed E-state index contributed by atoms with van der Waals surface area (Å²) in [6.45, 7) is 9.31. The van der Waals surface area contributed by atoms with Gasteiger partial charge in [-0.05, 0) is 104 Å². The van der Waals surface area contributed by atoms with E-state index >= 15 is 0 Å². The van der Waals surface area contributed by atoms with Crippen LogP contribution in [0.4, 0.5) is 0 Å². The third-order valence-electron chi connectivity index (χ3n) is 10.6. The van der Waals surface area contributed by atoms with Gasteiger partial charge >= 0.3 is 0 Å². The summed E-state index contributed by atoms with van der Waals surface area (Å²) < 4.78 is 30.5. The molecule has 4 rings (SSSR count). The minimum Gasteiger partial charge on any atom is -0.393 e. The SMILES string of the molecule is C[C@H](CCC(=O)NCCS(=O)(=O)O)[C@H]1CC[C@H]2[C@@H]3[C@@H](O)C[C@@H]4CNCC[C@]4(C)[C@H]3CC[C@]12C. The zero-order chi connectivity index (χ0) is 24.0. The van der Waals surface area contributed by atoms with Crippen LogP contribution in [0.15, 0.2) is 0 Å². The number of carbonyl (C=O) groups excluding carboxylic acids is 1. The minimum absolute atomic E-state index is 0.0501. The number of amides is 1. The van der Waals surface area contributed by atoms with Crippen molar-refractivity contribution in [3.05, 3.63) is 0 Å². The molecule has 33 heavy (non-hydrogen) atoms. The summed E-state index contributed by atoms with van der Waals surface area (Å²) in [5.41, 5.74) is 0.569. The maximum atomic E-state index is 12.2. The van der Waals surface area contributed by atoms with Crippen LogP contribution < -0.4 is 10.6 Å². The van der Waals surface area contributed by atoms with Crippen molar-refractivity contribution in [2.75, 3.05) is 25.4 Å². The van der Waals surface area contributed by atoms with E-state index in [-0.39, 0.29) is 24.0 Å². The minimum atomic E-state index is -4.05. The summed E-state index contributed by atoms with van der Waals surface area (Å²) in [6.07, 6.45) is 7.91. The first kappa shape index (κ1) is 25.4. The number of aliphatic hydroxyl groups is 1. The van der Waals surface area contributed by atoms with Gasteiger partial charge in [0, 0.05) is 13.0 Å². The van der Waals surface area contributed by atoms with E-state index in [9.17, 15) is 18.3 Å². The van der Waals surface area contributed by atoms with E-state index in [4.69, 9.17) is 4.55 Å². The third kappa shape index (κ3) is 4.87. The zero-order valence-corrected chi connectivity index (χ0v) is 21.4. The Morgan fingerprint density at radius 2 is 1.88 bits per heavy atom. The Morgan fingerprint density at radius 3 is 2.61 bits per heavy atom. The Balaban J connectivity index is 1.38. The number of piperidine rings is 1. The van der Waals surface area contributed by atoms with Gasteiger partial charge in [0.15, 0.2) is 0 Å². The molecule has 9 atom stereocenters. The van der Waals surface area contributed by atoms with Crippen molar-refractivity contribution in [3.63, 3.8) is 0 Å². The van der Waals surface area contributed by atoms with E-state index < -0.39 is 15.9 Å². The first-order valence-corrected chi connectivity index (χ1v) is 14.7. The maximum Gasteiger partial charge on any atom is 0.266 e. The fourth-order valence-corrected chi connectivity index (χ4v) is 9.16. The molecule has 0 unspecified atom stereocenters. The molecule has 0 spiro atoms. The average Bonchev–Trinajstić information content (AvgIpc) is 3.08. The van der Waals surface area contributed by atoms with Crippen molar-refractivity contribution in [2.45, 2.75) is 78.2 Å². The zero-order valence-electron chi connectivity index (χ0n) is 20.6. The Kier molecular flexibility index (Phi) is 7.23. The van der Waals surface area contributed by atoms with Gasteiger partial charge in [0.25, 0.3) is 10.1 Å². The molecule has 4 aliphatic rings. The number of rotatable bonds is 7. The van der Waals surface area contributed by atoms with Gasteiger partial charge in [-0.3, -0.25) is 9.35 Å². The smallest absolute Gasteiger partial charge is 0.266 e. The van der Waals surface area contributed by atoms with Crippen molar-refractivity contribution in [2.24, 2.45) is 46.3 Å². The quantitative estimate of drug-likeness (QED) is 0.413. The van der Waals surface area contributed by atoms with Crippen LogP contribution in [-0.4, -0.2) is 55.5 Å². The second-order valence-corrected chi connectivity index (χ2v) is 13.7. The van der Waals surface area contributed by atoms with Crippen LogP contribution in [0.3, 0.4) is 0 Å². The largest absolute Gasteiger partial charge is 0.393 e. The Morgan fingerprint density at radius 1 is 1.15 bits per heavy atom. The van der Waals surface area contributed by atoms with Crippen molar-refractivity contribution >= 4 is 16.0 Å². The summed E-state index contributed by atoms with van der Waals surface area (Å²) in [5, 5.41) is 17.5. The predicted octanol–water partition coefficient (Wildman–Crippen LogP) is 2.85. The lowest BCUT2D eigenvalue weighted by atomic mass is 9.45. The first-order chi connectivity index (χ1) is 15.5. The molecule has 8 heteroatoms. The Bertz CT molecular complexity index is 835. The highest BCUT2D eigenvalue weighted by Gasteiger charge is 2.62. The topological polar surface area (TPSA) is 116 Å². The van der Waals surface area contributed by atoms with Gasteiger partial charge in [-0.1, -0.05) is 20.8 Å². The molecule has 7 nitrogen and oxygen atoms in total. The first-order valence-electron chi connectivity index (χ1n) is 13.1. The molecule has 0 bridgehead atoms. The summed E-state index contributed by atoms with van der Waals surface area (Å²) in [6, 6.07) is 0. The molecule has 3 aliphatic carbocycles. The molecule has 0 aromatic rings. The van der Waals surface area contributed by atoms with Crippen LogP contribution in [0.25, 0.3) is 0 Å². The second-order valence-electron chi connectivity index (χ2n) is 12.1. The van der Waals surface area contributed by atoms with Gasteiger partial charge in [-0.2, -0.15) is 8.42 Å². The van der Waals surface area contributed by atoms with Crippen molar-refractivity contribution in [1.82, 2.24) is 10.6 Å². The van der Waals surface area contributed by atoms with E-state index in [0.717, 1.165) is 25.9 Å². The number of hydrogen-bond donors (Lipinski definition) is 4. The van der Waals surface area contributed by atoms with E-state index in [0.29, 0.717) is 47.3 Å². The van der Waals surface area contributed by atoms with Gasteiger partial charge in [-0.25, -0.2) is 0 Å². The van der Waals surface area contributed by atoms with Crippen LogP contribution in [0.5, 0.6) is 0 Å². The van der Waals surface area contributed by atoms with E-state index in [1.165, 1.54) is 32.1 Å². The molecule has 0 aromatic heterocycles. The number of fused-ring (bicyclic) bond motifs is 5. The highest BCUT2D eigenvalue weighted by atomic mass is 32.2. The highest BCUT2D eigenvalue weighted by molar-refractivity contribution is 7.85. The van der Waals surface area contributed by atoms with Gasteiger partial charge in [-0.15, -0.1) is 0 Å². The van der Waals surface area contributed by atoms with Gasteiger partial charge < -0.3 is 15.7 Å². The van der Waals surface area contributed by atoms with Gasteiger partial charge in [0.1, 0.15) is 0 Å². The van der Waals surface area contributed by atoms with Crippen molar-refractivity contribution in [1.29, 1.82) is 0 Å². The molecule has 1 amide bonds. The van der Waals surface area contributed by atoms with Gasteiger partial charge in [0.2, 0.25) is 5.91 Å². The lowest BCUT2D eigenvalue weighted by molar-refractivity contribution is -0.161. The fourth-order valence-electron chi connectivity index (χ4n) is 8.80. The molecule has 1 heterocycles. The summed E-state index contributed by atoms with van der Waals surface area (Å²) in [7, 11) is -4.05. The van der Waals surface area contributed by atoms with Crippen LogP contribution in [-0.2, 0) is 14.9 Å². The molecule has 1 aliphatic heterocycles. The van der Waals surface area contributed by atoms with Crippen LogP contribution >= 0.6 is 0 Å². The second kappa shape index (κ2) is 9.40. The molecule has 1 saturated heterocycles. The molecule has 190 valence electrons. The summed E-state index contributed by atoms with van der Waals surface area (Å²) in [5.74, 6) is 2.54. The average molecular weight is 485 g/mol. The molecule has 0 aromatic carbocycles. The van der Waals surface area contributed by atoms with Crippen LogP contribution in [0, 0.1) is 46.3 Å². The molecule has 0 radical (unpaired) electrons. The van der Waals surface area contributed by atoms with Crippen LogP contribution in [0.2, 0.25) is 0 Å². The van der Waals surface area contributed by atoms with Crippen molar-refractivity contribution in [3.8, 4) is 0 Å². The normalized spacial score (nSPS) is 43.8. The van der Waals surface area contributed by atoms with E-state index in [1.807, 2.05) is 0 Å². The lowest BCUT2D eigenvalue weighted by Crippen LogP contribution is -2.60. The number of nitrogens with one attached hydrogen (secondary N) is 2. The molecule has 3 saturated carbocycles. The summed E-state index contributed by atoms with van der Waals surface area (Å²) >= 11 is 0. The van der Waals surface area contributed by atoms with Crippen LogP contribution in [0.1, 0.15) is 72.1 Å². The highest BCUT2D eigenvalue weighted by Crippen LogP contribution is 2.67.